The van der Waals surface area contributed by atoms with Gasteiger partial charge in [0.05, 0.1) is 6.04 Å². The predicted molar refractivity (Wildman–Crippen MR) is 125 cm³/mol. The van der Waals surface area contributed by atoms with Crippen LogP contribution in [0.15, 0.2) is 42.5 Å². The molecule has 164 valence electrons. The molecule has 1 fully saturated rings. The van der Waals surface area contributed by atoms with Crippen LogP contribution in [0.3, 0.4) is 0 Å². The molecule has 2 heterocycles. The van der Waals surface area contributed by atoms with Gasteiger partial charge in [0.1, 0.15) is 11.7 Å². The number of carbonyl (C=O) groups is 1. The molecule has 0 radical (unpaired) electrons. The standard InChI is InChI=1S/C23H26ClN3O3S/c1-14-5-10-18-17(13-14)20-19(21(28)25-16-8-6-15(24)7-9-16)23(2,30-18)27(22(31)26-20)11-4-12-29-3/h5-10,13,19-20H,4,11-12H2,1-3H3,(H,25,28)(H,26,31). The molecule has 1 saturated heterocycles. The SMILES string of the molecule is COCCCN1C(=S)NC2c3cc(C)ccc3OC1(C)C2C(=O)Nc1ccc(Cl)cc1. The summed E-state index contributed by atoms with van der Waals surface area (Å²) in [6.07, 6.45) is 0.758. The van der Waals surface area contributed by atoms with Crippen molar-refractivity contribution in [3.63, 3.8) is 0 Å². The van der Waals surface area contributed by atoms with E-state index in [9.17, 15) is 4.79 Å². The van der Waals surface area contributed by atoms with Gasteiger partial charge in [0.15, 0.2) is 10.8 Å². The zero-order valence-electron chi connectivity index (χ0n) is 17.8. The van der Waals surface area contributed by atoms with Crippen molar-refractivity contribution in [2.75, 3.05) is 25.6 Å². The highest BCUT2D eigenvalue weighted by atomic mass is 35.5. The minimum Gasteiger partial charge on any atom is -0.467 e. The van der Waals surface area contributed by atoms with E-state index in [1.54, 1.807) is 31.4 Å². The Bertz CT molecular complexity index is 1000. The van der Waals surface area contributed by atoms with Crippen LogP contribution < -0.4 is 15.4 Å². The molecular weight excluding hydrogens is 434 g/mol. The van der Waals surface area contributed by atoms with E-state index in [0.717, 1.165) is 23.3 Å². The summed E-state index contributed by atoms with van der Waals surface area (Å²) in [5.41, 5.74) is 1.77. The van der Waals surface area contributed by atoms with E-state index in [4.69, 9.17) is 33.3 Å². The summed E-state index contributed by atoms with van der Waals surface area (Å²) >= 11 is 11.7. The molecule has 1 amide bonds. The van der Waals surface area contributed by atoms with Crippen molar-refractivity contribution in [1.82, 2.24) is 10.2 Å². The third-order valence-corrected chi connectivity index (χ3v) is 6.50. The summed E-state index contributed by atoms with van der Waals surface area (Å²) in [6.45, 7) is 5.16. The van der Waals surface area contributed by atoms with E-state index in [-0.39, 0.29) is 11.9 Å². The number of carbonyl (C=O) groups excluding carboxylic acids is 1. The fourth-order valence-corrected chi connectivity index (χ4v) is 4.94. The van der Waals surface area contributed by atoms with Gasteiger partial charge in [-0.25, -0.2) is 0 Å². The van der Waals surface area contributed by atoms with Gasteiger partial charge in [0.25, 0.3) is 0 Å². The zero-order chi connectivity index (χ0) is 22.2. The maximum atomic E-state index is 13.6. The summed E-state index contributed by atoms with van der Waals surface area (Å²) in [6, 6.07) is 12.8. The average molecular weight is 460 g/mol. The molecule has 8 heteroatoms. The van der Waals surface area contributed by atoms with E-state index < -0.39 is 11.6 Å². The van der Waals surface area contributed by atoms with Crippen LogP contribution in [0.1, 0.15) is 30.5 Å². The molecule has 3 atom stereocenters. The molecule has 2 aliphatic heterocycles. The molecule has 2 aromatic rings. The van der Waals surface area contributed by atoms with Crippen molar-refractivity contribution >= 4 is 40.5 Å². The smallest absolute Gasteiger partial charge is 0.236 e. The van der Waals surface area contributed by atoms with Gasteiger partial charge in [-0.15, -0.1) is 0 Å². The van der Waals surface area contributed by atoms with Crippen LogP contribution in [0.2, 0.25) is 5.02 Å². The van der Waals surface area contributed by atoms with Crippen LogP contribution in [0, 0.1) is 12.8 Å². The number of nitrogens with zero attached hydrogens (tertiary/aromatic N) is 1. The highest BCUT2D eigenvalue weighted by Crippen LogP contribution is 2.48. The highest BCUT2D eigenvalue weighted by Gasteiger charge is 2.58. The molecule has 2 aliphatic rings. The van der Waals surface area contributed by atoms with E-state index in [1.165, 1.54) is 0 Å². The average Bonchev–Trinajstić information content (AvgIpc) is 2.72. The lowest BCUT2D eigenvalue weighted by molar-refractivity contribution is -0.149. The zero-order valence-corrected chi connectivity index (χ0v) is 19.3. The van der Waals surface area contributed by atoms with Crippen molar-refractivity contribution in [3.05, 3.63) is 58.6 Å². The van der Waals surface area contributed by atoms with Crippen LogP contribution in [0.5, 0.6) is 5.75 Å². The minimum atomic E-state index is -0.945. The molecule has 6 nitrogen and oxygen atoms in total. The summed E-state index contributed by atoms with van der Waals surface area (Å²) in [5.74, 6) is 0.0841. The summed E-state index contributed by atoms with van der Waals surface area (Å²) in [4.78, 5) is 15.6. The number of amides is 1. The van der Waals surface area contributed by atoms with Gasteiger partial charge in [-0.2, -0.15) is 0 Å². The van der Waals surface area contributed by atoms with E-state index in [0.29, 0.717) is 29.0 Å². The number of ether oxygens (including phenoxy) is 2. The lowest BCUT2D eigenvalue weighted by Crippen LogP contribution is -2.71. The number of nitrogens with one attached hydrogen (secondary N) is 2. The molecule has 0 spiro atoms. The second kappa shape index (κ2) is 8.65. The Kier molecular flexibility index (Phi) is 6.10. The number of hydrogen-bond acceptors (Lipinski definition) is 4. The first kappa shape index (κ1) is 21.9. The Balaban J connectivity index is 1.72. The summed E-state index contributed by atoms with van der Waals surface area (Å²) in [5, 5.41) is 7.63. The first-order valence-electron chi connectivity index (χ1n) is 10.3. The fraction of sp³-hybridized carbons (Fsp3) is 0.391. The highest BCUT2D eigenvalue weighted by molar-refractivity contribution is 7.80. The van der Waals surface area contributed by atoms with Crippen molar-refractivity contribution in [1.29, 1.82) is 0 Å². The molecule has 2 aromatic carbocycles. The Morgan fingerprint density at radius 3 is 2.77 bits per heavy atom. The van der Waals surface area contributed by atoms with Gasteiger partial charge in [0, 0.05) is 36.5 Å². The summed E-state index contributed by atoms with van der Waals surface area (Å²) in [7, 11) is 1.67. The molecule has 3 unspecified atom stereocenters. The number of anilines is 1. The van der Waals surface area contributed by atoms with E-state index in [1.807, 2.05) is 30.9 Å². The largest absolute Gasteiger partial charge is 0.467 e. The van der Waals surface area contributed by atoms with Crippen molar-refractivity contribution < 1.29 is 14.3 Å². The number of rotatable bonds is 6. The second-order valence-electron chi connectivity index (χ2n) is 8.10. The maximum Gasteiger partial charge on any atom is 0.236 e. The van der Waals surface area contributed by atoms with E-state index >= 15 is 0 Å². The number of hydrogen-bond donors (Lipinski definition) is 2. The molecule has 0 aromatic heterocycles. The van der Waals surface area contributed by atoms with Gasteiger partial charge >= 0.3 is 0 Å². The number of aryl methyl sites for hydroxylation is 1. The molecule has 31 heavy (non-hydrogen) atoms. The molecule has 2 bridgehead atoms. The van der Waals surface area contributed by atoms with Crippen LogP contribution in [0.25, 0.3) is 0 Å². The molecular formula is C23H26ClN3O3S. The molecule has 0 saturated carbocycles. The Morgan fingerprint density at radius 2 is 2.06 bits per heavy atom. The monoisotopic (exact) mass is 459 g/mol. The molecule has 0 aliphatic carbocycles. The first-order chi connectivity index (χ1) is 14.8. The maximum absolute atomic E-state index is 13.6. The number of methoxy groups -OCH3 is 1. The lowest BCUT2D eigenvalue weighted by Gasteiger charge is -2.56. The van der Waals surface area contributed by atoms with Crippen LogP contribution >= 0.6 is 23.8 Å². The normalized spacial score (nSPS) is 24.1. The van der Waals surface area contributed by atoms with Crippen molar-refractivity contribution in [2.24, 2.45) is 5.92 Å². The predicted octanol–water partition coefficient (Wildman–Crippen LogP) is 4.28. The number of benzene rings is 2. The van der Waals surface area contributed by atoms with Gasteiger partial charge < -0.3 is 25.0 Å². The lowest BCUT2D eigenvalue weighted by atomic mass is 9.78. The Morgan fingerprint density at radius 1 is 1.32 bits per heavy atom. The Labute approximate surface area is 192 Å². The van der Waals surface area contributed by atoms with Crippen LogP contribution in [-0.2, 0) is 9.53 Å². The summed E-state index contributed by atoms with van der Waals surface area (Å²) < 4.78 is 11.7. The molecule has 4 rings (SSSR count). The number of fused-ring (bicyclic) bond motifs is 4. The number of halogens is 1. The third-order valence-electron chi connectivity index (χ3n) is 5.91. The topological polar surface area (TPSA) is 62.8 Å². The van der Waals surface area contributed by atoms with Crippen molar-refractivity contribution in [3.8, 4) is 5.75 Å². The first-order valence-corrected chi connectivity index (χ1v) is 11.0. The third kappa shape index (κ3) is 4.10. The van der Waals surface area contributed by atoms with Gasteiger partial charge in [-0.1, -0.05) is 29.3 Å². The quantitative estimate of drug-likeness (QED) is 0.496. The van der Waals surface area contributed by atoms with E-state index in [2.05, 4.69) is 16.7 Å². The fourth-order valence-electron chi connectivity index (χ4n) is 4.41. The number of thiocarbonyl (C=S) groups is 1. The van der Waals surface area contributed by atoms with Crippen LogP contribution in [-0.4, -0.2) is 41.9 Å². The van der Waals surface area contributed by atoms with Crippen LogP contribution in [0.4, 0.5) is 5.69 Å². The van der Waals surface area contributed by atoms with Gasteiger partial charge in [-0.3, -0.25) is 4.79 Å². The van der Waals surface area contributed by atoms with Gasteiger partial charge in [0.2, 0.25) is 5.91 Å². The van der Waals surface area contributed by atoms with Crippen molar-refractivity contribution in [2.45, 2.75) is 32.0 Å². The van der Waals surface area contributed by atoms with Gasteiger partial charge in [-0.05, 0) is 62.8 Å². The minimum absolute atomic E-state index is 0.145. The second-order valence-corrected chi connectivity index (χ2v) is 8.92. The Hall–Kier alpha value is -2.35. The molecule has 2 N–H and O–H groups in total.